The number of piperidine rings is 1. The molecule has 1 saturated heterocycles. The van der Waals surface area contributed by atoms with Gasteiger partial charge in [0.15, 0.2) is 0 Å². The number of hydrogen-bond donors (Lipinski definition) is 0. The van der Waals surface area contributed by atoms with Crippen molar-refractivity contribution in [2.45, 2.75) is 32.7 Å². The summed E-state index contributed by atoms with van der Waals surface area (Å²) in [6.45, 7) is 5.64. The van der Waals surface area contributed by atoms with Gasteiger partial charge in [0.05, 0.1) is 12.7 Å². The molecule has 26 heavy (non-hydrogen) atoms. The Morgan fingerprint density at radius 3 is 2.85 bits per heavy atom. The number of pyridine rings is 1. The Balaban J connectivity index is 1.85. The number of hydrogen-bond acceptors (Lipinski definition) is 7. The van der Waals surface area contributed by atoms with E-state index in [1.807, 2.05) is 33.0 Å². The van der Waals surface area contributed by atoms with Gasteiger partial charge in [-0.2, -0.15) is 5.26 Å². The van der Waals surface area contributed by atoms with Crippen molar-refractivity contribution >= 4 is 11.6 Å². The van der Waals surface area contributed by atoms with E-state index in [1.165, 1.54) is 6.33 Å². The zero-order valence-corrected chi connectivity index (χ0v) is 15.7. The van der Waals surface area contributed by atoms with Crippen molar-refractivity contribution in [3.05, 3.63) is 35.3 Å². The van der Waals surface area contributed by atoms with Crippen LogP contribution in [0.5, 0.6) is 5.88 Å². The van der Waals surface area contributed by atoms with Crippen LogP contribution in [-0.4, -0.2) is 48.2 Å². The molecule has 3 rings (SSSR count). The lowest BCUT2D eigenvalue weighted by Gasteiger charge is -2.39. The average molecular weight is 352 g/mol. The molecule has 3 heterocycles. The minimum atomic E-state index is 0.275. The Morgan fingerprint density at radius 1 is 1.31 bits per heavy atom. The van der Waals surface area contributed by atoms with Crippen molar-refractivity contribution in [3.8, 4) is 11.9 Å². The van der Waals surface area contributed by atoms with E-state index in [0.717, 1.165) is 48.8 Å². The van der Waals surface area contributed by atoms with Gasteiger partial charge in [0.25, 0.3) is 0 Å². The topological polar surface area (TPSA) is 78.2 Å². The molecule has 1 unspecified atom stereocenters. The highest BCUT2D eigenvalue weighted by atomic mass is 16.5. The van der Waals surface area contributed by atoms with Gasteiger partial charge >= 0.3 is 0 Å². The van der Waals surface area contributed by atoms with Gasteiger partial charge in [-0.15, -0.1) is 0 Å². The normalized spacial score (nSPS) is 16.9. The molecular formula is C19H24N6O. The van der Waals surface area contributed by atoms with Gasteiger partial charge in [-0.25, -0.2) is 15.0 Å². The quantitative estimate of drug-likeness (QED) is 0.836. The third-order valence-corrected chi connectivity index (χ3v) is 4.88. The Bertz CT molecular complexity index is 831. The molecule has 0 amide bonds. The number of nitriles is 1. The summed E-state index contributed by atoms with van der Waals surface area (Å²) in [6, 6.07) is 6.40. The van der Waals surface area contributed by atoms with Crippen LogP contribution in [0.2, 0.25) is 0 Å². The Morgan fingerprint density at radius 2 is 2.12 bits per heavy atom. The lowest BCUT2D eigenvalue weighted by molar-refractivity contribution is 0.396. The molecule has 0 N–H and O–H groups in total. The molecule has 0 aliphatic carbocycles. The lowest BCUT2D eigenvalue weighted by Crippen LogP contribution is -2.47. The molecule has 0 bridgehead atoms. The first-order valence-corrected chi connectivity index (χ1v) is 8.75. The molecule has 1 fully saturated rings. The van der Waals surface area contributed by atoms with E-state index in [2.05, 4.69) is 30.8 Å². The largest absolute Gasteiger partial charge is 0.481 e. The Labute approximate surface area is 154 Å². The summed E-state index contributed by atoms with van der Waals surface area (Å²) in [4.78, 5) is 17.5. The zero-order valence-electron chi connectivity index (χ0n) is 15.7. The number of rotatable bonds is 4. The van der Waals surface area contributed by atoms with E-state index >= 15 is 0 Å². The van der Waals surface area contributed by atoms with Crippen LogP contribution in [0, 0.1) is 25.2 Å². The number of ether oxygens (including phenoxy) is 1. The maximum atomic E-state index is 9.57. The van der Waals surface area contributed by atoms with E-state index in [-0.39, 0.29) is 6.04 Å². The van der Waals surface area contributed by atoms with E-state index in [9.17, 15) is 5.26 Å². The van der Waals surface area contributed by atoms with Crippen LogP contribution in [0.3, 0.4) is 0 Å². The summed E-state index contributed by atoms with van der Waals surface area (Å²) >= 11 is 0. The SMILES string of the molecule is COc1cc(N(C)C2CCCN(c3nc(C)cc(C)c3C#N)C2)ncn1. The summed E-state index contributed by atoms with van der Waals surface area (Å²) in [6.07, 6.45) is 3.62. The summed E-state index contributed by atoms with van der Waals surface area (Å²) in [5, 5.41) is 9.57. The second kappa shape index (κ2) is 7.56. The molecule has 0 saturated carbocycles. The van der Waals surface area contributed by atoms with Crippen LogP contribution in [0.4, 0.5) is 11.6 Å². The van der Waals surface area contributed by atoms with Crippen LogP contribution in [0.25, 0.3) is 0 Å². The van der Waals surface area contributed by atoms with Crippen LogP contribution in [-0.2, 0) is 0 Å². The monoisotopic (exact) mass is 352 g/mol. The molecule has 1 aliphatic rings. The van der Waals surface area contributed by atoms with Crippen molar-refractivity contribution < 1.29 is 4.74 Å². The van der Waals surface area contributed by atoms with Gasteiger partial charge in [0.2, 0.25) is 5.88 Å². The minimum Gasteiger partial charge on any atom is -0.481 e. The van der Waals surface area contributed by atoms with E-state index < -0.39 is 0 Å². The van der Waals surface area contributed by atoms with Crippen molar-refractivity contribution in [1.82, 2.24) is 15.0 Å². The highest BCUT2D eigenvalue weighted by Gasteiger charge is 2.27. The van der Waals surface area contributed by atoms with Gasteiger partial charge in [0, 0.05) is 37.9 Å². The number of aromatic nitrogens is 3. The molecule has 1 atom stereocenters. The zero-order chi connectivity index (χ0) is 18.7. The highest BCUT2D eigenvalue weighted by Crippen LogP contribution is 2.27. The van der Waals surface area contributed by atoms with Crippen LogP contribution in [0.1, 0.15) is 29.7 Å². The standard InChI is InChI=1S/C19H24N6O/c1-13-8-14(2)23-19(16(13)10-20)25-7-5-6-15(11-25)24(3)17-9-18(26-4)22-12-21-17/h8-9,12,15H,5-7,11H2,1-4H3. The number of aryl methyl sites for hydroxylation is 2. The molecule has 7 nitrogen and oxygen atoms in total. The van der Waals surface area contributed by atoms with Gasteiger partial charge in [-0.3, -0.25) is 0 Å². The third-order valence-electron chi connectivity index (χ3n) is 4.88. The summed E-state index contributed by atoms with van der Waals surface area (Å²) < 4.78 is 5.21. The molecule has 7 heteroatoms. The van der Waals surface area contributed by atoms with Crippen molar-refractivity contribution in [2.75, 3.05) is 37.0 Å². The highest BCUT2D eigenvalue weighted by molar-refractivity contribution is 5.58. The molecule has 0 aromatic carbocycles. The van der Waals surface area contributed by atoms with Crippen LogP contribution < -0.4 is 14.5 Å². The second-order valence-electron chi connectivity index (χ2n) is 6.66. The molecule has 1 aliphatic heterocycles. The van der Waals surface area contributed by atoms with E-state index in [4.69, 9.17) is 4.74 Å². The number of anilines is 2. The van der Waals surface area contributed by atoms with Crippen LogP contribution in [0.15, 0.2) is 18.5 Å². The van der Waals surface area contributed by atoms with Crippen molar-refractivity contribution in [3.63, 3.8) is 0 Å². The van der Waals surface area contributed by atoms with Crippen molar-refractivity contribution in [2.24, 2.45) is 0 Å². The minimum absolute atomic E-state index is 0.275. The van der Waals surface area contributed by atoms with Gasteiger partial charge < -0.3 is 14.5 Å². The van der Waals surface area contributed by atoms with Gasteiger partial charge in [0.1, 0.15) is 24.0 Å². The van der Waals surface area contributed by atoms with Crippen molar-refractivity contribution in [1.29, 1.82) is 5.26 Å². The molecule has 0 radical (unpaired) electrons. The third kappa shape index (κ3) is 3.54. The summed E-state index contributed by atoms with van der Waals surface area (Å²) in [5.41, 5.74) is 2.58. The maximum Gasteiger partial charge on any atom is 0.218 e. The number of likely N-dealkylation sites (N-methyl/N-ethyl adjacent to an activating group) is 1. The first-order valence-electron chi connectivity index (χ1n) is 8.75. The molecule has 136 valence electrons. The number of methoxy groups -OCH3 is 1. The van der Waals surface area contributed by atoms with Crippen LogP contribution >= 0.6 is 0 Å². The smallest absolute Gasteiger partial charge is 0.218 e. The second-order valence-corrected chi connectivity index (χ2v) is 6.66. The number of nitrogens with zero attached hydrogens (tertiary/aromatic N) is 6. The molecule has 0 spiro atoms. The first-order chi connectivity index (χ1) is 12.5. The Kier molecular flexibility index (Phi) is 5.21. The first kappa shape index (κ1) is 17.9. The van der Waals surface area contributed by atoms with E-state index in [0.29, 0.717) is 11.4 Å². The fourth-order valence-electron chi connectivity index (χ4n) is 3.47. The lowest BCUT2D eigenvalue weighted by atomic mass is 10.0. The molecule has 2 aromatic heterocycles. The van der Waals surface area contributed by atoms with Gasteiger partial charge in [-0.05, 0) is 38.3 Å². The summed E-state index contributed by atoms with van der Waals surface area (Å²) in [5.74, 6) is 2.18. The fraction of sp³-hybridized carbons (Fsp3) is 0.474. The predicted octanol–water partition coefficient (Wildman–Crippen LogP) is 2.47. The van der Waals surface area contributed by atoms with E-state index in [1.54, 1.807) is 7.11 Å². The fourth-order valence-corrected chi connectivity index (χ4v) is 3.47. The van der Waals surface area contributed by atoms with Gasteiger partial charge in [-0.1, -0.05) is 0 Å². The predicted molar refractivity (Wildman–Crippen MR) is 101 cm³/mol. The molecular weight excluding hydrogens is 328 g/mol. The summed E-state index contributed by atoms with van der Waals surface area (Å²) in [7, 11) is 3.64. The maximum absolute atomic E-state index is 9.57. The molecule has 2 aromatic rings. The Hall–Kier alpha value is -2.88. The average Bonchev–Trinajstić information content (AvgIpc) is 2.67.